The van der Waals surface area contributed by atoms with Crippen LogP contribution in [0.1, 0.15) is 36.0 Å². The molecule has 0 aliphatic carbocycles. The smallest absolute Gasteiger partial charge is 0.339 e. The largest absolute Gasteiger partial charge is 0.483 e. The topological polar surface area (TPSA) is 92.0 Å². The number of carbonyl (C=O) groups excluding carboxylic acids is 1. The molecule has 31 heavy (non-hydrogen) atoms. The van der Waals surface area contributed by atoms with Gasteiger partial charge in [-0.15, -0.1) is 12.4 Å². The van der Waals surface area contributed by atoms with Crippen LogP contribution in [0.3, 0.4) is 0 Å². The lowest BCUT2D eigenvalue weighted by molar-refractivity contribution is -0.141. The first-order valence-electron chi connectivity index (χ1n) is 10.6. The number of aryl methyl sites for hydroxylation is 2. The summed E-state index contributed by atoms with van der Waals surface area (Å²) in [4.78, 5) is 26.7. The number of nitrogens with one attached hydrogen (secondary N) is 1. The van der Waals surface area contributed by atoms with E-state index in [9.17, 15) is 14.7 Å². The van der Waals surface area contributed by atoms with Gasteiger partial charge in [0.15, 0.2) is 6.61 Å². The van der Waals surface area contributed by atoms with Gasteiger partial charge in [-0.2, -0.15) is 0 Å². The number of aliphatic hydroxyl groups is 1. The zero-order chi connectivity index (χ0) is 21.5. The Kier molecular flexibility index (Phi) is 6.98. The van der Waals surface area contributed by atoms with Crippen molar-refractivity contribution in [1.29, 1.82) is 0 Å². The predicted octanol–water partition coefficient (Wildman–Crippen LogP) is 2.48. The number of piperidine rings is 2. The summed E-state index contributed by atoms with van der Waals surface area (Å²) in [5.41, 5.74) is 2.32. The van der Waals surface area contributed by atoms with Crippen LogP contribution in [0.4, 0.5) is 0 Å². The van der Waals surface area contributed by atoms with E-state index in [1.807, 2.05) is 19.9 Å². The molecule has 8 heteroatoms. The van der Waals surface area contributed by atoms with Gasteiger partial charge in [0.2, 0.25) is 0 Å². The SMILES string of the molecule is Cc1cc(OCC(=O)N2CC(O)CC3(CCNCC3)C2)c2c(C)c(C)c(=O)oc2c1.Cl. The molecule has 2 aromatic rings. The second-order valence-electron chi connectivity index (χ2n) is 8.95. The predicted molar refractivity (Wildman–Crippen MR) is 121 cm³/mol. The Hall–Kier alpha value is -2.09. The van der Waals surface area contributed by atoms with Crippen molar-refractivity contribution in [2.24, 2.45) is 5.41 Å². The maximum Gasteiger partial charge on any atom is 0.339 e. The Balaban J connectivity index is 0.00000272. The van der Waals surface area contributed by atoms with E-state index in [-0.39, 0.29) is 36.0 Å². The fourth-order valence-electron chi connectivity index (χ4n) is 4.89. The summed E-state index contributed by atoms with van der Waals surface area (Å²) < 4.78 is 11.4. The minimum atomic E-state index is -0.500. The molecule has 1 aromatic carbocycles. The molecule has 2 aliphatic rings. The average molecular weight is 451 g/mol. The van der Waals surface area contributed by atoms with E-state index < -0.39 is 6.10 Å². The molecular weight excluding hydrogens is 420 g/mol. The Morgan fingerprint density at radius 2 is 1.97 bits per heavy atom. The van der Waals surface area contributed by atoms with Crippen LogP contribution in [0.15, 0.2) is 21.3 Å². The lowest BCUT2D eigenvalue weighted by atomic mass is 9.72. The van der Waals surface area contributed by atoms with Crippen molar-refractivity contribution in [3.8, 4) is 5.75 Å². The highest BCUT2D eigenvalue weighted by Crippen LogP contribution is 2.38. The quantitative estimate of drug-likeness (QED) is 0.698. The molecule has 0 bridgehead atoms. The van der Waals surface area contributed by atoms with Crippen LogP contribution in [0.25, 0.3) is 11.0 Å². The average Bonchev–Trinajstić information content (AvgIpc) is 2.69. The van der Waals surface area contributed by atoms with E-state index in [4.69, 9.17) is 9.15 Å². The summed E-state index contributed by atoms with van der Waals surface area (Å²) in [5.74, 6) is 0.407. The molecule has 0 radical (unpaired) electrons. The van der Waals surface area contributed by atoms with Crippen LogP contribution in [0.5, 0.6) is 5.75 Å². The zero-order valence-corrected chi connectivity index (χ0v) is 19.1. The number of amides is 1. The van der Waals surface area contributed by atoms with Gasteiger partial charge >= 0.3 is 5.63 Å². The van der Waals surface area contributed by atoms with E-state index >= 15 is 0 Å². The Morgan fingerprint density at radius 1 is 1.26 bits per heavy atom. The molecule has 2 fully saturated rings. The van der Waals surface area contributed by atoms with Crippen LogP contribution in [-0.4, -0.2) is 54.8 Å². The number of hydrogen-bond acceptors (Lipinski definition) is 6. The summed E-state index contributed by atoms with van der Waals surface area (Å²) in [6, 6.07) is 3.67. The summed E-state index contributed by atoms with van der Waals surface area (Å²) in [5, 5.41) is 14.5. The number of β-amino-alcohol motifs (C(OH)–C–C–N with tert-alkyl or cyclic N) is 1. The monoisotopic (exact) mass is 450 g/mol. The lowest BCUT2D eigenvalue weighted by Crippen LogP contribution is -2.55. The van der Waals surface area contributed by atoms with E-state index in [0.29, 0.717) is 30.0 Å². The fraction of sp³-hybridized carbons (Fsp3) is 0.565. The van der Waals surface area contributed by atoms with Crippen molar-refractivity contribution in [2.45, 2.75) is 46.1 Å². The molecule has 2 aliphatic heterocycles. The Morgan fingerprint density at radius 3 is 2.68 bits per heavy atom. The molecule has 1 unspecified atom stereocenters. The van der Waals surface area contributed by atoms with Crippen LogP contribution < -0.4 is 15.7 Å². The van der Waals surface area contributed by atoms with E-state index in [1.54, 1.807) is 17.9 Å². The van der Waals surface area contributed by atoms with Gasteiger partial charge in [-0.3, -0.25) is 4.79 Å². The molecule has 170 valence electrons. The van der Waals surface area contributed by atoms with Gasteiger partial charge in [0.05, 0.1) is 11.5 Å². The van der Waals surface area contributed by atoms with Crippen molar-refractivity contribution in [1.82, 2.24) is 10.2 Å². The second-order valence-corrected chi connectivity index (χ2v) is 8.95. The van der Waals surface area contributed by atoms with Crippen molar-refractivity contribution in [3.05, 3.63) is 39.2 Å². The summed E-state index contributed by atoms with van der Waals surface area (Å²) in [6.45, 7) is 8.22. The van der Waals surface area contributed by atoms with Crippen LogP contribution >= 0.6 is 12.4 Å². The number of fused-ring (bicyclic) bond motifs is 1. The van der Waals surface area contributed by atoms with Gasteiger partial charge in [-0.1, -0.05) is 0 Å². The maximum absolute atomic E-state index is 13.0. The van der Waals surface area contributed by atoms with E-state index in [0.717, 1.165) is 48.9 Å². The molecule has 4 rings (SSSR count). The van der Waals surface area contributed by atoms with E-state index in [2.05, 4.69) is 5.32 Å². The summed E-state index contributed by atoms with van der Waals surface area (Å²) in [6.07, 6.45) is 2.18. The maximum atomic E-state index is 13.0. The second kappa shape index (κ2) is 9.18. The molecule has 7 nitrogen and oxygen atoms in total. The van der Waals surface area contributed by atoms with Gasteiger partial charge in [-0.25, -0.2) is 4.79 Å². The minimum absolute atomic E-state index is 0. The van der Waals surface area contributed by atoms with Crippen molar-refractivity contribution in [2.75, 3.05) is 32.8 Å². The summed E-state index contributed by atoms with van der Waals surface area (Å²) >= 11 is 0. The van der Waals surface area contributed by atoms with Crippen molar-refractivity contribution < 1.29 is 19.1 Å². The third-order valence-electron chi connectivity index (χ3n) is 6.65. The highest BCUT2D eigenvalue weighted by atomic mass is 35.5. The molecule has 3 heterocycles. The molecule has 2 N–H and O–H groups in total. The Labute approximate surface area is 188 Å². The number of halogens is 1. The first-order chi connectivity index (χ1) is 14.3. The van der Waals surface area contributed by atoms with Gasteiger partial charge in [0.1, 0.15) is 11.3 Å². The first-order valence-corrected chi connectivity index (χ1v) is 10.6. The Bertz CT molecular complexity index is 1030. The third-order valence-corrected chi connectivity index (χ3v) is 6.65. The highest BCUT2D eigenvalue weighted by molar-refractivity contribution is 5.88. The summed E-state index contributed by atoms with van der Waals surface area (Å²) in [7, 11) is 0. The number of carbonyl (C=O) groups is 1. The lowest BCUT2D eigenvalue weighted by Gasteiger charge is -2.47. The molecule has 0 saturated carbocycles. The fourth-order valence-corrected chi connectivity index (χ4v) is 4.89. The van der Waals surface area contributed by atoms with Gasteiger partial charge < -0.3 is 24.5 Å². The number of ether oxygens (including phenoxy) is 1. The van der Waals surface area contributed by atoms with Crippen LogP contribution in [0, 0.1) is 26.2 Å². The van der Waals surface area contributed by atoms with Crippen LogP contribution in [0.2, 0.25) is 0 Å². The van der Waals surface area contributed by atoms with Crippen molar-refractivity contribution in [3.63, 3.8) is 0 Å². The number of aliphatic hydroxyl groups excluding tert-OH is 1. The number of nitrogens with zero attached hydrogens (tertiary/aromatic N) is 1. The third kappa shape index (κ3) is 4.73. The highest BCUT2D eigenvalue weighted by Gasteiger charge is 2.41. The number of likely N-dealkylation sites (tertiary alicyclic amines) is 1. The zero-order valence-electron chi connectivity index (χ0n) is 18.3. The minimum Gasteiger partial charge on any atom is -0.483 e. The van der Waals surface area contributed by atoms with Gasteiger partial charge in [0, 0.05) is 18.7 Å². The molecule has 1 atom stereocenters. The molecule has 1 spiro atoms. The van der Waals surface area contributed by atoms with E-state index in [1.165, 1.54) is 0 Å². The number of rotatable bonds is 3. The number of benzene rings is 1. The molecule has 1 amide bonds. The van der Waals surface area contributed by atoms with Gasteiger partial charge in [0.25, 0.3) is 5.91 Å². The molecular formula is C23H31ClN2O5. The molecule has 2 saturated heterocycles. The standard InChI is InChI=1S/C23H30N2O5.ClH/c1-14-8-18(21-15(2)16(3)22(28)30-19(21)9-14)29-12-20(27)25-11-17(26)10-23(13-25)4-6-24-7-5-23;/h8-9,17,24,26H,4-7,10-13H2,1-3H3;1H. The first kappa shape index (κ1) is 23.6. The van der Waals surface area contributed by atoms with Gasteiger partial charge in [-0.05, 0) is 81.8 Å². The normalized spacial score (nSPS) is 20.5. The van der Waals surface area contributed by atoms with Crippen molar-refractivity contribution >= 4 is 29.3 Å². The van der Waals surface area contributed by atoms with Crippen LogP contribution in [-0.2, 0) is 4.79 Å². The number of hydrogen-bond donors (Lipinski definition) is 2. The molecule has 1 aromatic heterocycles.